The first-order valence-corrected chi connectivity index (χ1v) is 6.15. The lowest BCUT2D eigenvalue weighted by molar-refractivity contribution is 0.231. The summed E-state index contributed by atoms with van der Waals surface area (Å²) < 4.78 is 5.34. The van der Waals surface area contributed by atoms with Gasteiger partial charge in [0.1, 0.15) is 5.75 Å². The molecule has 0 radical (unpaired) electrons. The molecule has 1 aromatic rings. The van der Waals surface area contributed by atoms with E-state index >= 15 is 0 Å². The molecule has 1 aliphatic rings. The molecule has 0 aromatic heterocycles. The summed E-state index contributed by atoms with van der Waals surface area (Å²) in [4.78, 5) is 0. The number of benzene rings is 1. The van der Waals surface area contributed by atoms with Crippen molar-refractivity contribution in [1.82, 2.24) is 0 Å². The number of hydrogen-bond acceptors (Lipinski definition) is 2. The van der Waals surface area contributed by atoms with Crippen molar-refractivity contribution < 1.29 is 9.84 Å². The second kappa shape index (κ2) is 3.74. The highest BCUT2D eigenvalue weighted by molar-refractivity contribution is 5.50. The van der Waals surface area contributed by atoms with E-state index in [0.717, 1.165) is 12.2 Å². The monoisotopic (exact) mass is 234 g/mol. The lowest BCUT2D eigenvalue weighted by Gasteiger charge is -2.22. The summed E-state index contributed by atoms with van der Waals surface area (Å²) in [5, 5.41) is 9.76. The number of methoxy groups -OCH3 is 1. The first-order valence-electron chi connectivity index (χ1n) is 6.15. The molecule has 0 saturated heterocycles. The number of hydrogen-bond donors (Lipinski definition) is 1. The molecule has 17 heavy (non-hydrogen) atoms. The highest BCUT2D eigenvalue weighted by atomic mass is 16.5. The minimum Gasteiger partial charge on any atom is -0.496 e. The fraction of sp³-hybridized carbons (Fsp3) is 0.600. The van der Waals surface area contributed by atoms with E-state index < -0.39 is 0 Å². The fourth-order valence-electron chi connectivity index (χ4n) is 3.06. The molecule has 1 fully saturated rings. The molecule has 2 nitrogen and oxygen atoms in total. The molecule has 2 heteroatoms. The molecule has 94 valence electrons. The standard InChI is InChI=1S/C15H22O2/c1-10-11(2)13(17-5)7-6-12(10)15(9-16)8-14(15,3)4/h6-7,16H,8-9H2,1-5H3. The molecule has 1 saturated carbocycles. The van der Waals surface area contributed by atoms with Crippen LogP contribution < -0.4 is 4.74 Å². The van der Waals surface area contributed by atoms with Crippen molar-refractivity contribution in [3.63, 3.8) is 0 Å². The topological polar surface area (TPSA) is 29.5 Å². The van der Waals surface area contributed by atoms with Crippen molar-refractivity contribution in [2.24, 2.45) is 5.41 Å². The Hall–Kier alpha value is -1.02. The number of ether oxygens (including phenoxy) is 1. The SMILES string of the molecule is COc1ccc(C2(CO)CC2(C)C)c(C)c1C. The van der Waals surface area contributed by atoms with Gasteiger partial charge in [-0.05, 0) is 48.4 Å². The number of rotatable bonds is 3. The molecular weight excluding hydrogens is 212 g/mol. The maximum absolute atomic E-state index is 9.76. The molecule has 0 heterocycles. The minimum absolute atomic E-state index is 0.0475. The molecule has 1 aliphatic carbocycles. The normalized spacial score (nSPS) is 25.8. The van der Waals surface area contributed by atoms with E-state index in [4.69, 9.17) is 4.74 Å². The van der Waals surface area contributed by atoms with Crippen molar-refractivity contribution in [3.8, 4) is 5.75 Å². The van der Waals surface area contributed by atoms with E-state index in [1.54, 1.807) is 7.11 Å². The lowest BCUT2D eigenvalue weighted by atomic mass is 9.84. The summed E-state index contributed by atoms with van der Waals surface area (Å²) in [5.74, 6) is 0.929. The van der Waals surface area contributed by atoms with Crippen LogP contribution in [0.3, 0.4) is 0 Å². The largest absolute Gasteiger partial charge is 0.496 e. The van der Waals surface area contributed by atoms with E-state index in [9.17, 15) is 5.11 Å². The van der Waals surface area contributed by atoms with Crippen LogP contribution in [0.1, 0.15) is 37.0 Å². The van der Waals surface area contributed by atoms with Crippen molar-refractivity contribution >= 4 is 0 Å². The van der Waals surface area contributed by atoms with Crippen LogP contribution in [0.4, 0.5) is 0 Å². The van der Waals surface area contributed by atoms with Gasteiger partial charge in [-0.2, -0.15) is 0 Å². The second-order valence-corrected chi connectivity index (χ2v) is 5.87. The quantitative estimate of drug-likeness (QED) is 0.871. The first kappa shape index (κ1) is 12.4. The molecule has 0 spiro atoms. The molecule has 0 aliphatic heterocycles. The van der Waals surface area contributed by atoms with Gasteiger partial charge in [0.05, 0.1) is 13.7 Å². The molecular formula is C15H22O2. The Morgan fingerprint density at radius 2 is 1.82 bits per heavy atom. The summed E-state index contributed by atoms with van der Waals surface area (Å²) in [5.41, 5.74) is 3.87. The average molecular weight is 234 g/mol. The predicted octanol–water partition coefficient (Wildman–Crippen LogP) is 2.97. The van der Waals surface area contributed by atoms with Crippen molar-refractivity contribution in [2.45, 2.75) is 39.5 Å². The summed E-state index contributed by atoms with van der Waals surface area (Å²) in [6.07, 6.45) is 1.06. The lowest BCUT2D eigenvalue weighted by Crippen LogP contribution is -2.21. The third-order valence-electron chi connectivity index (χ3n) is 4.66. The summed E-state index contributed by atoms with van der Waals surface area (Å²) in [7, 11) is 1.70. The Kier molecular flexibility index (Phi) is 2.74. The van der Waals surface area contributed by atoms with Gasteiger partial charge in [-0.3, -0.25) is 0 Å². The van der Waals surface area contributed by atoms with Gasteiger partial charge < -0.3 is 9.84 Å². The minimum atomic E-state index is -0.0475. The van der Waals surface area contributed by atoms with E-state index in [2.05, 4.69) is 33.8 Å². The van der Waals surface area contributed by atoms with Crippen LogP contribution in [0.25, 0.3) is 0 Å². The number of aliphatic hydroxyl groups excluding tert-OH is 1. The van der Waals surface area contributed by atoms with Crippen LogP contribution in [0.2, 0.25) is 0 Å². The van der Waals surface area contributed by atoms with Crippen LogP contribution in [-0.2, 0) is 5.41 Å². The first-order chi connectivity index (χ1) is 7.89. The van der Waals surface area contributed by atoms with Gasteiger partial charge in [-0.25, -0.2) is 0 Å². The Bertz CT molecular complexity index is 448. The van der Waals surface area contributed by atoms with E-state index in [0.29, 0.717) is 0 Å². The van der Waals surface area contributed by atoms with Gasteiger partial charge >= 0.3 is 0 Å². The molecule has 1 N–H and O–H groups in total. The van der Waals surface area contributed by atoms with Crippen LogP contribution in [0.5, 0.6) is 5.75 Å². The smallest absolute Gasteiger partial charge is 0.122 e. The van der Waals surface area contributed by atoms with Gasteiger partial charge in [0.2, 0.25) is 0 Å². The zero-order chi connectivity index (χ0) is 12.8. The van der Waals surface area contributed by atoms with Gasteiger partial charge in [0.15, 0.2) is 0 Å². The average Bonchev–Trinajstić information content (AvgIpc) is 2.86. The van der Waals surface area contributed by atoms with E-state index in [1.807, 2.05) is 6.07 Å². The van der Waals surface area contributed by atoms with Crippen LogP contribution in [-0.4, -0.2) is 18.8 Å². The van der Waals surface area contributed by atoms with Crippen LogP contribution in [0.15, 0.2) is 12.1 Å². The zero-order valence-corrected chi connectivity index (χ0v) is 11.4. The molecule has 2 rings (SSSR count). The maximum Gasteiger partial charge on any atom is 0.122 e. The molecule has 1 aromatic carbocycles. The predicted molar refractivity (Wildman–Crippen MR) is 69.6 cm³/mol. The fourth-order valence-corrected chi connectivity index (χ4v) is 3.06. The van der Waals surface area contributed by atoms with Crippen LogP contribution in [0, 0.1) is 19.3 Å². The van der Waals surface area contributed by atoms with Gasteiger partial charge in [0.25, 0.3) is 0 Å². The van der Waals surface area contributed by atoms with Gasteiger partial charge in [-0.1, -0.05) is 19.9 Å². The van der Waals surface area contributed by atoms with Gasteiger partial charge in [-0.15, -0.1) is 0 Å². The van der Waals surface area contributed by atoms with Crippen molar-refractivity contribution in [3.05, 3.63) is 28.8 Å². The van der Waals surface area contributed by atoms with Crippen molar-refractivity contribution in [1.29, 1.82) is 0 Å². The third-order valence-corrected chi connectivity index (χ3v) is 4.66. The zero-order valence-electron chi connectivity index (χ0n) is 11.4. The molecule has 1 unspecified atom stereocenters. The van der Waals surface area contributed by atoms with Gasteiger partial charge in [0, 0.05) is 5.41 Å². The Labute approximate surface area is 104 Å². The molecule has 1 atom stereocenters. The Morgan fingerprint density at radius 1 is 1.24 bits per heavy atom. The third kappa shape index (κ3) is 1.58. The Balaban J connectivity index is 2.52. The Morgan fingerprint density at radius 3 is 2.24 bits per heavy atom. The highest BCUT2D eigenvalue weighted by Gasteiger charge is 2.62. The van der Waals surface area contributed by atoms with Crippen LogP contribution >= 0.6 is 0 Å². The number of aliphatic hydroxyl groups is 1. The summed E-state index contributed by atoms with van der Waals surface area (Å²) in [6, 6.07) is 4.13. The van der Waals surface area contributed by atoms with Crippen molar-refractivity contribution in [2.75, 3.05) is 13.7 Å². The van der Waals surface area contributed by atoms with E-state index in [-0.39, 0.29) is 17.4 Å². The van der Waals surface area contributed by atoms with E-state index in [1.165, 1.54) is 16.7 Å². The highest BCUT2D eigenvalue weighted by Crippen LogP contribution is 2.64. The summed E-state index contributed by atoms with van der Waals surface area (Å²) >= 11 is 0. The molecule has 0 bridgehead atoms. The molecule has 0 amide bonds. The summed E-state index contributed by atoms with van der Waals surface area (Å²) in [6.45, 7) is 8.88. The maximum atomic E-state index is 9.76. The second-order valence-electron chi connectivity index (χ2n) is 5.87.